The summed E-state index contributed by atoms with van der Waals surface area (Å²) in [7, 11) is 0. The van der Waals surface area contributed by atoms with Crippen LogP contribution >= 0.6 is 0 Å². The van der Waals surface area contributed by atoms with E-state index in [9.17, 15) is 4.79 Å². The van der Waals surface area contributed by atoms with Crippen LogP contribution in [0.25, 0.3) is 11.4 Å². The number of nitrogens with zero attached hydrogens (tertiary/aromatic N) is 4. The van der Waals surface area contributed by atoms with Gasteiger partial charge in [0.05, 0.1) is 0 Å². The van der Waals surface area contributed by atoms with E-state index in [0.717, 1.165) is 17.8 Å². The van der Waals surface area contributed by atoms with Gasteiger partial charge in [0, 0.05) is 18.5 Å². The van der Waals surface area contributed by atoms with Crippen LogP contribution in [0.3, 0.4) is 0 Å². The van der Waals surface area contributed by atoms with Crippen molar-refractivity contribution in [2.75, 3.05) is 0 Å². The Kier molecular flexibility index (Phi) is 4.45. The molecular weight excluding hydrogens is 256 g/mol. The minimum Gasteiger partial charge on any atom is -0.481 e. The molecule has 1 aromatic carbocycles. The van der Waals surface area contributed by atoms with Crippen molar-refractivity contribution in [1.82, 2.24) is 20.2 Å². The highest BCUT2D eigenvalue weighted by molar-refractivity contribution is 5.66. The van der Waals surface area contributed by atoms with Crippen molar-refractivity contribution < 1.29 is 9.90 Å². The molecule has 106 valence electrons. The van der Waals surface area contributed by atoms with Crippen LogP contribution in [0.5, 0.6) is 0 Å². The number of rotatable bonds is 6. The predicted octanol–water partition coefficient (Wildman–Crippen LogP) is 2.21. The number of unbranched alkanes of at least 4 members (excludes halogenated alkanes) is 1. The highest BCUT2D eigenvalue weighted by Crippen LogP contribution is 2.19. The molecule has 1 aromatic heterocycles. The fraction of sp³-hybridized carbons (Fsp3) is 0.429. The molecule has 0 aliphatic rings. The Balaban J connectivity index is 2.08. The van der Waals surface area contributed by atoms with Crippen molar-refractivity contribution in [3.63, 3.8) is 0 Å². The van der Waals surface area contributed by atoms with Gasteiger partial charge in [-0.1, -0.05) is 12.1 Å². The number of aryl methyl sites for hydroxylation is 3. The van der Waals surface area contributed by atoms with Crippen LogP contribution in [0.4, 0.5) is 0 Å². The molecule has 0 radical (unpaired) electrons. The second-order valence-electron chi connectivity index (χ2n) is 4.88. The van der Waals surface area contributed by atoms with Gasteiger partial charge in [0.15, 0.2) is 5.82 Å². The number of hydrogen-bond donors (Lipinski definition) is 1. The van der Waals surface area contributed by atoms with Crippen LogP contribution in [0.2, 0.25) is 0 Å². The summed E-state index contributed by atoms with van der Waals surface area (Å²) in [5.41, 5.74) is 3.41. The zero-order valence-electron chi connectivity index (χ0n) is 11.7. The molecular formula is C14H18N4O2. The number of benzene rings is 1. The fourth-order valence-corrected chi connectivity index (χ4v) is 1.98. The van der Waals surface area contributed by atoms with Crippen molar-refractivity contribution in [3.8, 4) is 11.4 Å². The van der Waals surface area contributed by atoms with E-state index in [0.29, 0.717) is 13.0 Å². The molecule has 0 spiro atoms. The standard InChI is InChI=1S/C14H18N4O2/c1-10-6-7-12(9-11(10)2)14-15-16-17-18(14)8-4-3-5-13(19)20/h6-7,9H,3-5,8H2,1-2H3,(H,19,20). The quantitative estimate of drug-likeness (QED) is 0.817. The number of carboxylic acid groups (broad SMARTS) is 1. The Hall–Kier alpha value is -2.24. The largest absolute Gasteiger partial charge is 0.481 e. The maximum atomic E-state index is 10.5. The summed E-state index contributed by atoms with van der Waals surface area (Å²) in [5.74, 6) is -0.0421. The Morgan fingerprint density at radius 3 is 2.75 bits per heavy atom. The molecule has 0 saturated heterocycles. The minimum atomic E-state index is -0.768. The minimum absolute atomic E-state index is 0.182. The number of aliphatic carboxylic acids is 1. The number of carbonyl (C=O) groups is 1. The molecule has 0 amide bonds. The molecule has 0 fully saturated rings. The topological polar surface area (TPSA) is 80.9 Å². The molecule has 2 rings (SSSR count). The lowest BCUT2D eigenvalue weighted by molar-refractivity contribution is -0.137. The molecule has 0 unspecified atom stereocenters. The summed E-state index contributed by atoms with van der Waals surface area (Å²) in [6, 6.07) is 6.12. The van der Waals surface area contributed by atoms with Gasteiger partial charge >= 0.3 is 5.97 Å². The van der Waals surface area contributed by atoms with Gasteiger partial charge < -0.3 is 5.11 Å². The van der Waals surface area contributed by atoms with Crippen molar-refractivity contribution in [3.05, 3.63) is 29.3 Å². The zero-order chi connectivity index (χ0) is 14.5. The lowest BCUT2D eigenvalue weighted by atomic mass is 10.1. The maximum Gasteiger partial charge on any atom is 0.303 e. The summed E-state index contributed by atoms with van der Waals surface area (Å²) >= 11 is 0. The average molecular weight is 274 g/mol. The molecule has 2 aromatic rings. The molecule has 0 aliphatic heterocycles. The molecule has 1 heterocycles. The molecule has 6 heteroatoms. The molecule has 0 saturated carbocycles. The summed E-state index contributed by atoms with van der Waals surface area (Å²) in [6.45, 7) is 4.75. The molecule has 0 aliphatic carbocycles. The van der Waals surface area contributed by atoms with Gasteiger partial charge in [-0.05, 0) is 54.3 Å². The average Bonchev–Trinajstić information content (AvgIpc) is 2.86. The first-order valence-electron chi connectivity index (χ1n) is 6.63. The molecule has 20 heavy (non-hydrogen) atoms. The van der Waals surface area contributed by atoms with Crippen molar-refractivity contribution in [2.24, 2.45) is 0 Å². The van der Waals surface area contributed by atoms with Gasteiger partial charge in [-0.2, -0.15) is 0 Å². The van der Waals surface area contributed by atoms with E-state index in [-0.39, 0.29) is 6.42 Å². The van der Waals surface area contributed by atoms with E-state index in [1.165, 1.54) is 11.1 Å². The number of hydrogen-bond acceptors (Lipinski definition) is 4. The lowest BCUT2D eigenvalue weighted by Gasteiger charge is -2.06. The Morgan fingerprint density at radius 1 is 1.25 bits per heavy atom. The molecule has 6 nitrogen and oxygen atoms in total. The fourth-order valence-electron chi connectivity index (χ4n) is 1.98. The first kappa shape index (κ1) is 14.2. The van der Waals surface area contributed by atoms with Gasteiger partial charge in [0.25, 0.3) is 0 Å². The third kappa shape index (κ3) is 3.40. The number of carboxylic acids is 1. The Labute approximate surface area is 117 Å². The van der Waals surface area contributed by atoms with Gasteiger partial charge in [0.1, 0.15) is 0 Å². The molecule has 0 atom stereocenters. The summed E-state index contributed by atoms with van der Waals surface area (Å²) in [6.07, 6.45) is 1.55. The van der Waals surface area contributed by atoms with Crippen LogP contribution in [-0.2, 0) is 11.3 Å². The van der Waals surface area contributed by atoms with Crippen LogP contribution in [-0.4, -0.2) is 31.3 Å². The normalized spacial score (nSPS) is 10.7. The molecule has 0 bridgehead atoms. The van der Waals surface area contributed by atoms with E-state index >= 15 is 0 Å². The van der Waals surface area contributed by atoms with Gasteiger partial charge in [-0.25, -0.2) is 4.68 Å². The Morgan fingerprint density at radius 2 is 2.05 bits per heavy atom. The summed E-state index contributed by atoms with van der Waals surface area (Å²) in [4.78, 5) is 10.5. The number of aromatic nitrogens is 4. The summed E-state index contributed by atoms with van der Waals surface area (Å²) in [5, 5.41) is 20.3. The second-order valence-corrected chi connectivity index (χ2v) is 4.88. The number of tetrazole rings is 1. The SMILES string of the molecule is Cc1ccc(-c2nnnn2CCCCC(=O)O)cc1C. The first-order chi connectivity index (χ1) is 9.58. The lowest BCUT2D eigenvalue weighted by Crippen LogP contribution is -2.04. The van der Waals surface area contributed by atoms with Crippen molar-refractivity contribution in [2.45, 2.75) is 39.7 Å². The van der Waals surface area contributed by atoms with E-state index in [2.05, 4.69) is 35.4 Å². The zero-order valence-corrected chi connectivity index (χ0v) is 11.7. The highest BCUT2D eigenvalue weighted by Gasteiger charge is 2.09. The first-order valence-corrected chi connectivity index (χ1v) is 6.63. The van der Waals surface area contributed by atoms with E-state index in [1.54, 1.807) is 4.68 Å². The molecule has 1 N–H and O–H groups in total. The third-order valence-electron chi connectivity index (χ3n) is 3.31. The van der Waals surface area contributed by atoms with E-state index in [4.69, 9.17) is 5.11 Å². The monoisotopic (exact) mass is 274 g/mol. The van der Waals surface area contributed by atoms with Gasteiger partial charge in [0.2, 0.25) is 0 Å². The Bertz CT molecular complexity index is 607. The van der Waals surface area contributed by atoms with E-state index < -0.39 is 5.97 Å². The van der Waals surface area contributed by atoms with Crippen LogP contribution in [0, 0.1) is 13.8 Å². The maximum absolute atomic E-state index is 10.5. The van der Waals surface area contributed by atoms with Crippen molar-refractivity contribution in [1.29, 1.82) is 0 Å². The van der Waals surface area contributed by atoms with Gasteiger partial charge in [-0.3, -0.25) is 4.79 Å². The van der Waals surface area contributed by atoms with Gasteiger partial charge in [-0.15, -0.1) is 5.10 Å². The van der Waals surface area contributed by atoms with Crippen molar-refractivity contribution >= 4 is 5.97 Å². The summed E-state index contributed by atoms with van der Waals surface area (Å²) < 4.78 is 1.73. The van der Waals surface area contributed by atoms with Crippen LogP contribution in [0.15, 0.2) is 18.2 Å². The smallest absolute Gasteiger partial charge is 0.303 e. The highest BCUT2D eigenvalue weighted by atomic mass is 16.4. The van der Waals surface area contributed by atoms with E-state index in [1.807, 2.05) is 12.1 Å². The predicted molar refractivity (Wildman–Crippen MR) is 74.2 cm³/mol. The second kappa shape index (κ2) is 6.27. The third-order valence-corrected chi connectivity index (χ3v) is 3.31. The van der Waals surface area contributed by atoms with Crippen LogP contribution < -0.4 is 0 Å². The van der Waals surface area contributed by atoms with Crippen LogP contribution in [0.1, 0.15) is 30.4 Å².